The molecule has 1 saturated carbocycles. The van der Waals surface area contributed by atoms with E-state index >= 15 is 0 Å². The monoisotopic (exact) mass is 320 g/mol. The van der Waals surface area contributed by atoms with Crippen molar-refractivity contribution >= 4 is 29.0 Å². The van der Waals surface area contributed by atoms with Crippen molar-refractivity contribution in [3.05, 3.63) is 27.7 Å². The molecule has 0 radical (unpaired) electrons. The Hall–Kier alpha value is -1.98. The maximum absolute atomic E-state index is 11.9. The largest absolute Gasteiger partial charge is 0.343 e. The van der Waals surface area contributed by atoms with Gasteiger partial charge in [0.15, 0.2) is 5.82 Å². The van der Waals surface area contributed by atoms with Gasteiger partial charge in [-0.1, -0.05) is 16.7 Å². The molecule has 1 amide bonds. The number of rotatable bonds is 3. The number of hydrogen-bond acceptors (Lipinski definition) is 4. The number of pyridine rings is 1. The molecule has 8 heteroatoms. The predicted molar refractivity (Wildman–Crippen MR) is 85.0 cm³/mol. The smallest absolute Gasteiger partial charge is 0.244 e. The van der Waals surface area contributed by atoms with Crippen LogP contribution in [0.1, 0.15) is 25.7 Å². The Morgan fingerprint density at radius 1 is 1.41 bits per heavy atom. The Kier molecular flexibility index (Phi) is 4.36. The first-order valence-corrected chi connectivity index (χ1v) is 7.79. The zero-order chi connectivity index (χ0) is 15.5. The highest BCUT2D eigenvalue weighted by atomic mass is 35.5. The van der Waals surface area contributed by atoms with Gasteiger partial charge in [0.2, 0.25) is 5.91 Å². The van der Waals surface area contributed by atoms with Gasteiger partial charge in [0.25, 0.3) is 0 Å². The minimum Gasteiger partial charge on any atom is -0.343 e. The Morgan fingerprint density at radius 3 is 2.91 bits per heavy atom. The third kappa shape index (κ3) is 3.10. The first kappa shape index (κ1) is 14.9. The number of amides is 1. The fourth-order valence-electron chi connectivity index (χ4n) is 3.25. The van der Waals surface area contributed by atoms with Gasteiger partial charge in [0.1, 0.15) is 5.15 Å². The summed E-state index contributed by atoms with van der Waals surface area (Å²) in [4.78, 5) is 21.2. The molecular formula is C14H17ClN6O. The van der Waals surface area contributed by atoms with Crippen molar-refractivity contribution in [3.63, 3.8) is 0 Å². The van der Waals surface area contributed by atoms with E-state index in [0.717, 1.165) is 37.2 Å². The molecule has 22 heavy (non-hydrogen) atoms. The minimum atomic E-state index is -0.0205. The van der Waals surface area contributed by atoms with Gasteiger partial charge in [-0.2, -0.15) is 0 Å². The van der Waals surface area contributed by atoms with E-state index in [0.29, 0.717) is 24.2 Å². The summed E-state index contributed by atoms with van der Waals surface area (Å²) in [7, 11) is 0. The van der Waals surface area contributed by atoms with Crippen molar-refractivity contribution in [2.45, 2.75) is 31.7 Å². The van der Waals surface area contributed by atoms with Gasteiger partial charge in [-0.15, -0.1) is 0 Å². The maximum Gasteiger partial charge on any atom is 0.244 e. The number of carbonyl (C=O) groups excluding carboxylic acids is 1. The van der Waals surface area contributed by atoms with E-state index in [9.17, 15) is 4.79 Å². The lowest BCUT2D eigenvalue weighted by Gasteiger charge is -2.39. The van der Waals surface area contributed by atoms with Gasteiger partial charge >= 0.3 is 0 Å². The number of hydrogen-bond donors (Lipinski definition) is 1. The molecule has 2 heterocycles. The van der Waals surface area contributed by atoms with Gasteiger partial charge < -0.3 is 10.2 Å². The highest BCUT2D eigenvalue weighted by Crippen LogP contribution is 2.35. The van der Waals surface area contributed by atoms with Crippen LogP contribution in [-0.2, 0) is 4.79 Å². The number of anilines is 2. The molecule has 1 fully saturated rings. The molecule has 1 N–H and O–H groups in total. The van der Waals surface area contributed by atoms with Crippen LogP contribution in [0.15, 0.2) is 17.2 Å². The van der Waals surface area contributed by atoms with Gasteiger partial charge in [-0.3, -0.25) is 4.79 Å². The van der Waals surface area contributed by atoms with E-state index < -0.39 is 0 Å². The Balaban J connectivity index is 1.74. The van der Waals surface area contributed by atoms with Crippen molar-refractivity contribution < 1.29 is 4.79 Å². The second-order valence-corrected chi connectivity index (χ2v) is 6.16. The topological polar surface area (TPSA) is 94.0 Å². The van der Waals surface area contributed by atoms with Crippen molar-refractivity contribution in [2.24, 2.45) is 11.0 Å². The van der Waals surface area contributed by atoms with Crippen LogP contribution in [0.5, 0.6) is 0 Å². The third-order valence-electron chi connectivity index (χ3n) is 4.36. The van der Waals surface area contributed by atoms with Crippen LogP contribution in [0.2, 0.25) is 5.15 Å². The molecule has 1 aromatic heterocycles. The van der Waals surface area contributed by atoms with E-state index in [2.05, 4.69) is 25.2 Å². The molecule has 116 valence electrons. The minimum absolute atomic E-state index is 0.0205. The fourth-order valence-corrected chi connectivity index (χ4v) is 3.40. The van der Waals surface area contributed by atoms with Crippen LogP contribution in [0, 0.1) is 5.92 Å². The first-order chi connectivity index (χ1) is 10.7. The lowest BCUT2D eigenvalue weighted by molar-refractivity contribution is -0.115. The molecule has 1 aliphatic heterocycles. The quantitative estimate of drug-likeness (QED) is 0.400. The summed E-state index contributed by atoms with van der Waals surface area (Å²) in [5, 5.41) is 6.93. The highest BCUT2D eigenvalue weighted by molar-refractivity contribution is 6.29. The summed E-state index contributed by atoms with van der Waals surface area (Å²) >= 11 is 6.00. The number of nitrogens with one attached hydrogen (secondary N) is 1. The molecule has 1 aliphatic carbocycles. The lowest BCUT2D eigenvalue weighted by atomic mass is 9.85. The number of carbonyl (C=O) groups is 1. The Bertz CT molecular complexity index is 622. The average Bonchev–Trinajstić information content (AvgIpc) is 2.53. The van der Waals surface area contributed by atoms with Crippen molar-refractivity contribution in [1.82, 2.24) is 4.98 Å². The van der Waals surface area contributed by atoms with Crippen molar-refractivity contribution in [2.75, 3.05) is 23.3 Å². The Morgan fingerprint density at radius 2 is 2.18 bits per heavy atom. The third-order valence-corrected chi connectivity index (χ3v) is 4.57. The number of azide groups is 1. The second kappa shape index (κ2) is 6.42. The molecule has 0 bridgehead atoms. The number of fused-ring (bicyclic) bond motifs is 1. The van der Waals surface area contributed by atoms with E-state index in [1.165, 1.54) is 0 Å². The van der Waals surface area contributed by atoms with Crippen LogP contribution >= 0.6 is 11.6 Å². The fraction of sp³-hybridized carbons (Fsp3) is 0.571. The van der Waals surface area contributed by atoms with Gasteiger partial charge in [-0.05, 0) is 49.3 Å². The van der Waals surface area contributed by atoms with Crippen molar-refractivity contribution in [3.8, 4) is 0 Å². The number of halogens is 1. The molecule has 1 aromatic rings. The van der Waals surface area contributed by atoms with Crippen LogP contribution < -0.4 is 10.2 Å². The molecule has 0 atom stereocenters. The highest BCUT2D eigenvalue weighted by Gasteiger charge is 2.32. The molecule has 0 spiro atoms. The summed E-state index contributed by atoms with van der Waals surface area (Å²) < 4.78 is 0. The van der Waals surface area contributed by atoms with E-state index in [4.69, 9.17) is 17.1 Å². The summed E-state index contributed by atoms with van der Waals surface area (Å²) in [5.41, 5.74) is 9.12. The van der Waals surface area contributed by atoms with E-state index in [1.54, 1.807) is 12.1 Å². The van der Waals surface area contributed by atoms with E-state index in [-0.39, 0.29) is 11.9 Å². The molecule has 3 rings (SSSR count). The van der Waals surface area contributed by atoms with Crippen LogP contribution in [0.4, 0.5) is 11.5 Å². The SMILES string of the molecule is [N-]=[N+]=NCC1CCC(N2CC(=O)Nc3ccc(Cl)nc32)CC1. The zero-order valence-electron chi connectivity index (χ0n) is 12.1. The number of aromatic nitrogens is 1. The van der Waals surface area contributed by atoms with Crippen LogP contribution in [0.25, 0.3) is 10.4 Å². The molecule has 7 nitrogen and oxygen atoms in total. The molecule has 2 aliphatic rings. The maximum atomic E-state index is 11.9. The summed E-state index contributed by atoms with van der Waals surface area (Å²) in [6.45, 7) is 0.871. The normalized spacial score (nSPS) is 24.2. The summed E-state index contributed by atoms with van der Waals surface area (Å²) in [6.07, 6.45) is 3.93. The first-order valence-electron chi connectivity index (χ1n) is 7.41. The Labute approximate surface area is 133 Å². The average molecular weight is 321 g/mol. The summed E-state index contributed by atoms with van der Waals surface area (Å²) in [6, 6.07) is 3.75. The molecule has 0 aromatic carbocycles. The predicted octanol–water partition coefficient (Wildman–Crippen LogP) is 3.36. The summed E-state index contributed by atoms with van der Waals surface area (Å²) in [5.74, 6) is 1.18. The van der Waals surface area contributed by atoms with Gasteiger partial charge in [-0.25, -0.2) is 4.98 Å². The van der Waals surface area contributed by atoms with Crippen LogP contribution in [0.3, 0.4) is 0 Å². The molecule has 0 saturated heterocycles. The van der Waals surface area contributed by atoms with Crippen LogP contribution in [-0.4, -0.2) is 30.0 Å². The van der Waals surface area contributed by atoms with Gasteiger partial charge in [0.05, 0.1) is 12.2 Å². The van der Waals surface area contributed by atoms with Crippen molar-refractivity contribution in [1.29, 1.82) is 0 Å². The van der Waals surface area contributed by atoms with Gasteiger partial charge in [0, 0.05) is 17.5 Å². The van der Waals surface area contributed by atoms with E-state index in [1.807, 2.05) is 0 Å². The molecule has 0 unspecified atom stereocenters. The standard InChI is InChI=1S/C14H17ClN6O/c15-12-6-5-11-14(19-12)21(8-13(22)18-11)10-3-1-9(2-4-10)7-17-20-16/h5-6,9-10H,1-4,7-8H2,(H,18,22). The number of nitrogens with zero attached hydrogens (tertiary/aromatic N) is 5. The second-order valence-electron chi connectivity index (χ2n) is 5.77. The lowest BCUT2D eigenvalue weighted by Crippen LogP contribution is -2.46. The molecular weight excluding hydrogens is 304 g/mol. The zero-order valence-corrected chi connectivity index (χ0v) is 12.8.